The predicted molar refractivity (Wildman–Crippen MR) is 50.0 cm³/mol. The van der Waals surface area contributed by atoms with Crippen LogP contribution >= 0.6 is 11.3 Å². The molecule has 1 atom stereocenters. The van der Waals surface area contributed by atoms with E-state index in [-0.39, 0.29) is 0 Å². The Labute approximate surface area is 71.5 Å². The van der Waals surface area contributed by atoms with E-state index < -0.39 is 0 Å². The topological polar surface area (TPSA) is 38.9 Å². The van der Waals surface area contributed by atoms with E-state index in [1.807, 2.05) is 6.92 Å². The zero-order valence-corrected chi connectivity index (χ0v) is 8.03. The van der Waals surface area contributed by atoms with Crippen LogP contribution in [0.1, 0.15) is 36.9 Å². The Kier molecular flexibility index (Phi) is 2.49. The molecule has 0 aliphatic heterocycles. The van der Waals surface area contributed by atoms with Crippen molar-refractivity contribution in [2.75, 3.05) is 5.73 Å². The molecule has 11 heavy (non-hydrogen) atoms. The minimum atomic E-state index is 0.500. The SMILES string of the molecule is CCC(C)c1nc(C)sc1N. The van der Waals surface area contributed by atoms with Gasteiger partial charge in [0.2, 0.25) is 0 Å². The van der Waals surface area contributed by atoms with Crippen LogP contribution in [-0.2, 0) is 0 Å². The van der Waals surface area contributed by atoms with Crippen LogP contribution in [0.15, 0.2) is 0 Å². The lowest BCUT2D eigenvalue weighted by molar-refractivity contribution is 0.714. The zero-order chi connectivity index (χ0) is 8.43. The quantitative estimate of drug-likeness (QED) is 0.740. The second-order valence-corrected chi connectivity index (χ2v) is 4.03. The summed E-state index contributed by atoms with van der Waals surface area (Å²) >= 11 is 1.58. The van der Waals surface area contributed by atoms with Crippen LogP contribution in [0.3, 0.4) is 0 Å². The van der Waals surface area contributed by atoms with Crippen LogP contribution in [-0.4, -0.2) is 4.98 Å². The first kappa shape index (κ1) is 8.53. The van der Waals surface area contributed by atoms with E-state index in [1.54, 1.807) is 11.3 Å². The second-order valence-electron chi connectivity index (χ2n) is 2.79. The van der Waals surface area contributed by atoms with Gasteiger partial charge < -0.3 is 5.73 Å². The van der Waals surface area contributed by atoms with Crippen molar-refractivity contribution in [3.8, 4) is 0 Å². The molecule has 0 fully saturated rings. The summed E-state index contributed by atoms with van der Waals surface area (Å²) in [6, 6.07) is 0. The smallest absolute Gasteiger partial charge is 0.110 e. The largest absolute Gasteiger partial charge is 0.389 e. The molecule has 0 radical (unpaired) electrons. The highest BCUT2D eigenvalue weighted by atomic mass is 32.1. The summed E-state index contributed by atoms with van der Waals surface area (Å²) in [5, 5.41) is 1.95. The molecule has 0 saturated heterocycles. The molecule has 1 unspecified atom stereocenters. The zero-order valence-electron chi connectivity index (χ0n) is 7.22. The Morgan fingerprint density at radius 2 is 2.27 bits per heavy atom. The van der Waals surface area contributed by atoms with Gasteiger partial charge in [-0.2, -0.15) is 0 Å². The highest BCUT2D eigenvalue weighted by Gasteiger charge is 2.11. The second kappa shape index (κ2) is 3.22. The minimum absolute atomic E-state index is 0.500. The van der Waals surface area contributed by atoms with Crippen molar-refractivity contribution in [3.63, 3.8) is 0 Å². The lowest BCUT2D eigenvalue weighted by atomic mass is 10.1. The highest BCUT2D eigenvalue weighted by molar-refractivity contribution is 7.15. The van der Waals surface area contributed by atoms with E-state index >= 15 is 0 Å². The molecule has 1 aromatic rings. The van der Waals surface area contributed by atoms with Gasteiger partial charge in [0.25, 0.3) is 0 Å². The number of hydrogen-bond donors (Lipinski definition) is 1. The van der Waals surface area contributed by atoms with Gasteiger partial charge >= 0.3 is 0 Å². The van der Waals surface area contributed by atoms with Gasteiger partial charge in [0.05, 0.1) is 10.7 Å². The van der Waals surface area contributed by atoms with Gasteiger partial charge in [-0.05, 0) is 13.3 Å². The number of nitrogens with zero attached hydrogens (tertiary/aromatic N) is 1. The fourth-order valence-electron chi connectivity index (χ4n) is 1.01. The van der Waals surface area contributed by atoms with Crippen LogP contribution in [0, 0.1) is 6.92 Å². The molecule has 0 bridgehead atoms. The van der Waals surface area contributed by atoms with E-state index in [1.165, 1.54) is 0 Å². The third kappa shape index (κ3) is 1.71. The van der Waals surface area contributed by atoms with E-state index in [9.17, 15) is 0 Å². The maximum absolute atomic E-state index is 5.77. The third-order valence-corrected chi connectivity index (χ3v) is 2.68. The van der Waals surface area contributed by atoms with Gasteiger partial charge in [0.1, 0.15) is 5.00 Å². The maximum Gasteiger partial charge on any atom is 0.110 e. The number of hydrogen-bond acceptors (Lipinski definition) is 3. The Balaban J connectivity index is 2.93. The molecular formula is C8H14N2S. The van der Waals surface area contributed by atoms with Crippen molar-refractivity contribution in [2.45, 2.75) is 33.1 Å². The number of rotatable bonds is 2. The van der Waals surface area contributed by atoms with Crippen LogP contribution in [0.2, 0.25) is 0 Å². The normalized spacial score (nSPS) is 13.4. The third-order valence-electron chi connectivity index (χ3n) is 1.87. The van der Waals surface area contributed by atoms with Gasteiger partial charge in [-0.25, -0.2) is 4.98 Å². The predicted octanol–water partition coefficient (Wildman–Crippen LogP) is 2.55. The summed E-state index contributed by atoms with van der Waals surface area (Å²) in [6.45, 7) is 6.30. The van der Waals surface area contributed by atoms with E-state index in [0.29, 0.717) is 5.92 Å². The Morgan fingerprint density at radius 1 is 1.64 bits per heavy atom. The van der Waals surface area contributed by atoms with Gasteiger partial charge in [-0.15, -0.1) is 11.3 Å². The van der Waals surface area contributed by atoms with Gasteiger partial charge in [-0.1, -0.05) is 13.8 Å². The monoisotopic (exact) mass is 170 g/mol. The summed E-state index contributed by atoms with van der Waals surface area (Å²) in [5.41, 5.74) is 6.85. The molecule has 62 valence electrons. The van der Waals surface area contributed by atoms with E-state index in [4.69, 9.17) is 5.73 Å². The Hall–Kier alpha value is -0.570. The lowest BCUT2D eigenvalue weighted by Crippen LogP contribution is -1.96. The molecule has 1 heterocycles. The van der Waals surface area contributed by atoms with Gasteiger partial charge in [0.15, 0.2) is 0 Å². The lowest BCUT2D eigenvalue weighted by Gasteiger charge is -2.04. The summed E-state index contributed by atoms with van der Waals surface area (Å²) in [5.74, 6) is 0.500. The van der Waals surface area contributed by atoms with Crippen molar-refractivity contribution in [2.24, 2.45) is 0 Å². The summed E-state index contributed by atoms with van der Waals surface area (Å²) in [6.07, 6.45) is 1.10. The molecule has 0 aliphatic carbocycles. The molecule has 0 amide bonds. The number of anilines is 1. The van der Waals surface area contributed by atoms with Crippen molar-refractivity contribution >= 4 is 16.3 Å². The molecular weight excluding hydrogens is 156 g/mol. The van der Waals surface area contributed by atoms with E-state index in [0.717, 1.165) is 22.1 Å². The van der Waals surface area contributed by atoms with Crippen molar-refractivity contribution < 1.29 is 0 Å². The van der Waals surface area contributed by atoms with Crippen LogP contribution in [0.4, 0.5) is 5.00 Å². The standard InChI is InChI=1S/C8H14N2S/c1-4-5(2)7-8(9)11-6(3)10-7/h5H,4,9H2,1-3H3. The van der Waals surface area contributed by atoms with Gasteiger partial charge in [0, 0.05) is 5.92 Å². The maximum atomic E-state index is 5.77. The summed E-state index contributed by atoms with van der Waals surface area (Å²) < 4.78 is 0. The minimum Gasteiger partial charge on any atom is -0.389 e. The molecule has 1 rings (SSSR count). The van der Waals surface area contributed by atoms with Crippen molar-refractivity contribution in [1.82, 2.24) is 4.98 Å². The van der Waals surface area contributed by atoms with E-state index in [2.05, 4.69) is 18.8 Å². The molecule has 2 nitrogen and oxygen atoms in total. The first-order valence-corrected chi connectivity index (χ1v) is 4.69. The Bertz CT molecular complexity index is 242. The molecule has 0 aliphatic rings. The van der Waals surface area contributed by atoms with Crippen LogP contribution in [0.25, 0.3) is 0 Å². The van der Waals surface area contributed by atoms with Crippen molar-refractivity contribution in [1.29, 1.82) is 0 Å². The number of thiazole rings is 1. The average molecular weight is 170 g/mol. The van der Waals surface area contributed by atoms with Gasteiger partial charge in [-0.3, -0.25) is 0 Å². The summed E-state index contributed by atoms with van der Waals surface area (Å²) in [7, 11) is 0. The van der Waals surface area contributed by atoms with Crippen LogP contribution < -0.4 is 5.73 Å². The molecule has 0 spiro atoms. The molecule has 0 aromatic carbocycles. The number of aryl methyl sites for hydroxylation is 1. The highest BCUT2D eigenvalue weighted by Crippen LogP contribution is 2.28. The first-order valence-electron chi connectivity index (χ1n) is 3.88. The van der Waals surface area contributed by atoms with Crippen LogP contribution in [0.5, 0.6) is 0 Å². The fraction of sp³-hybridized carbons (Fsp3) is 0.625. The number of aromatic nitrogens is 1. The molecule has 2 N–H and O–H groups in total. The van der Waals surface area contributed by atoms with Crippen molar-refractivity contribution in [3.05, 3.63) is 10.7 Å². The fourth-order valence-corrected chi connectivity index (χ4v) is 1.82. The number of nitrogens with two attached hydrogens (primary N) is 1. The molecule has 3 heteroatoms. The first-order chi connectivity index (χ1) is 5.15. The number of nitrogen functional groups attached to an aromatic ring is 1. The molecule has 1 aromatic heterocycles. The summed E-state index contributed by atoms with van der Waals surface area (Å²) in [4.78, 5) is 4.37. The average Bonchev–Trinajstić information content (AvgIpc) is 2.28. The Morgan fingerprint density at radius 3 is 2.64 bits per heavy atom. The molecule has 0 saturated carbocycles.